The molecule has 7 heteroatoms. The molecule has 1 aliphatic heterocycles. The Morgan fingerprint density at radius 2 is 1.71 bits per heavy atom. The van der Waals surface area contributed by atoms with Gasteiger partial charge >= 0.3 is 12.0 Å². The number of ether oxygens (including phenoxy) is 2. The average molecular weight is 427 g/mol. The molecule has 7 nitrogen and oxygen atoms in total. The number of benzene rings is 2. The molecule has 0 unspecified atom stereocenters. The Hall–Kier alpha value is -3.22. The summed E-state index contributed by atoms with van der Waals surface area (Å²) in [6, 6.07) is 15.2. The van der Waals surface area contributed by atoms with Gasteiger partial charge in [0, 0.05) is 26.6 Å². The molecule has 0 spiro atoms. The maximum absolute atomic E-state index is 12.6. The van der Waals surface area contributed by atoms with Gasteiger partial charge < -0.3 is 24.4 Å². The quantitative estimate of drug-likeness (QED) is 0.657. The van der Waals surface area contributed by atoms with Crippen LogP contribution in [0.3, 0.4) is 0 Å². The Labute approximate surface area is 183 Å². The molecule has 1 aliphatic rings. The van der Waals surface area contributed by atoms with Gasteiger partial charge in [0.2, 0.25) is 0 Å². The standard InChI is InChI=1S/C24H30N2O5/c1-17-5-7-18(8-6-17)15-26-16-19(25(4)23(26)29)13-14-30-20-9-11-21(12-10-20)31-24(2,3)22(27)28/h5-12,19H,13-16H2,1-4H3,(H,27,28)/t19-/m1/s1. The minimum absolute atomic E-state index is 0.0353. The lowest BCUT2D eigenvalue weighted by Crippen LogP contribution is -2.37. The van der Waals surface area contributed by atoms with Gasteiger partial charge in [-0.25, -0.2) is 9.59 Å². The number of nitrogens with zero attached hydrogens (tertiary/aromatic N) is 2. The van der Waals surface area contributed by atoms with Crippen molar-refractivity contribution >= 4 is 12.0 Å². The maximum atomic E-state index is 12.6. The van der Waals surface area contributed by atoms with Gasteiger partial charge in [0.15, 0.2) is 5.60 Å². The van der Waals surface area contributed by atoms with E-state index in [-0.39, 0.29) is 12.1 Å². The van der Waals surface area contributed by atoms with E-state index in [9.17, 15) is 9.59 Å². The molecule has 0 aliphatic carbocycles. The number of aliphatic carboxylic acids is 1. The zero-order valence-electron chi connectivity index (χ0n) is 18.5. The molecule has 31 heavy (non-hydrogen) atoms. The normalized spacial score (nSPS) is 16.5. The molecule has 0 aromatic heterocycles. The number of carboxylic acid groups (broad SMARTS) is 1. The van der Waals surface area contributed by atoms with Crippen molar-refractivity contribution in [3.63, 3.8) is 0 Å². The smallest absolute Gasteiger partial charge is 0.347 e. The Morgan fingerprint density at radius 1 is 1.10 bits per heavy atom. The monoisotopic (exact) mass is 426 g/mol. The van der Waals surface area contributed by atoms with Crippen LogP contribution in [0.2, 0.25) is 0 Å². The molecule has 0 bridgehead atoms. The van der Waals surface area contributed by atoms with E-state index >= 15 is 0 Å². The molecule has 1 fully saturated rings. The van der Waals surface area contributed by atoms with Crippen molar-refractivity contribution in [2.24, 2.45) is 0 Å². The molecule has 0 saturated carbocycles. The lowest BCUT2D eigenvalue weighted by Gasteiger charge is -2.21. The molecule has 2 amide bonds. The van der Waals surface area contributed by atoms with Crippen molar-refractivity contribution in [3.8, 4) is 11.5 Å². The molecule has 1 saturated heterocycles. The van der Waals surface area contributed by atoms with Gasteiger partial charge in [-0.2, -0.15) is 0 Å². The van der Waals surface area contributed by atoms with Crippen LogP contribution in [0.1, 0.15) is 31.4 Å². The summed E-state index contributed by atoms with van der Waals surface area (Å²) in [5, 5.41) is 9.15. The fourth-order valence-corrected chi connectivity index (χ4v) is 3.42. The summed E-state index contributed by atoms with van der Waals surface area (Å²) in [4.78, 5) is 27.4. The largest absolute Gasteiger partial charge is 0.494 e. The zero-order valence-corrected chi connectivity index (χ0v) is 18.5. The van der Waals surface area contributed by atoms with Crippen molar-refractivity contribution in [2.75, 3.05) is 20.2 Å². The Morgan fingerprint density at radius 3 is 2.32 bits per heavy atom. The first kappa shape index (κ1) is 22.5. The van der Waals surface area contributed by atoms with Crippen LogP contribution in [0, 0.1) is 6.92 Å². The second-order valence-electron chi connectivity index (χ2n) is 8.44. The maximum Gasteiger partial charge on any atom is 0.347 e. The van der Waals surface area contributed by atoms with Gasteiger partial charge in [-0.05, 0) is 50.6 Å². The molecule has 0 radical (unpaired) electrons. The van der Waals surface area contributed by atoms with Crippen LogP contribution >= 0.6 is 0 Å². The van der Waals surface area contributed by atoms with Crippen LogP contribution in [0.25, 0.3) is 0 Å². The summed E-state index contributed by atoms with van der Waals surface area (Å²) < 4.78 is 11.3. The number of carbonyl (C=O) groups excluding carboxylic acids is 1. The summed E-state index contributed by atoms with van der Waals surface area (Å²) in [5.74, 6) is 0.107. The highest BCUT2D eigenvalue weighted by Crippen LogP contribution is 2.23. The van der Waals surface area contributed by atoms with Gasteiger partial charge in [0.1, 0.15) is 11.5 Å². The molecular weight excluding hydrogens is 396 g/mol. The molecule has 1 N–H and O–H groups in total. The number of carboxylic acids is 1. The van der Waals surface area contributed by atoms with Crippen LogP contribution < -0.4 is 9.47 Å². The molecule has 1 heterocycles. The van der Waals surface area contributed by atoms with E-state index in [0.29, 0.717) is 31.2 Å². The van der Waals surface area contributed by atoms with E-state index in [2.05, 4.69) is 24.3 Å². The van der Waals surface area contributed by atoms with Crippen LogP contribution in [-0.4, -0.2) is 58.7 Å². The minimum atomic E-state index is -1.30. The third-order valence-electron chi connectivity index (χ3n) is 5.48. The van der Waals surface area contributed by atoms with E-state index < -0.39 is 11.6 Å². The molecule has 166 valence electrons. The Bertz CT molecular complexity index is 909. The molecule has 2 aromatic carbocycles. The average Bonchev–Trinajstić information content (AvgIpc) is 2.98. The Balaban J connectivity index is 1.48. The van der Waals surface area contributed by atoms with Crippen molar-refractivity contribution in [1.29, 1.82) is 0 Å². The number of amides is 2. The number of hydrogen-bond acceptors (Lipinski definition) is 4. The van der Waals surface area contributed by atoms with E-state index in [1.54, 1.807) is 29.2 Å². The van der Waals surface area contributed by atoms with Gasteiger partial charge in [-0.1, -0.05) is 29.8 Å². The second-order valence-corrected chi connectivity index (χ2v) is 8.44. The van der Waals surface area contributed by atoms with Crippen molar-refractivity contribution in [3.05, 3.63) is 59.7 Å². The lowest BCUT2D eigenvalue weighted by molar-refractivity contribution is -0.152. The van der Waals surface area contributed by atoms with Crippen LogP contribution in [0.5, 0.6) is 11.5 Å². The van der Waals surface area contributed by atoms with Crippen molar-refractivity contribution < 1.29 is 24.2 Å². The first-order valence-electron chi connectivity index (χ1n) is 10.4. The van der Waals surface area contributed by atoms with E-state index in [4.69, 9.17) is 14.6 Å². The highest BCUT2D eigenvalue weighted by Gasteiger charge is 2.34. The van der Waals surface area contributed by atoms with Gasteiger partial charge in [-0.15, -0.1) is 0 Å². The number of rotatable bonds is 9. The Kier molecular flexibility index (Phi) is 6.73. The predicted octanol–water partition coefficient (Wildman–Crippen LogP) is 3.94. The first-order valence-corrected chi connectivity index (χ1v) is 10.4. The van der Waals surface area contributed by atoms with E-state index in [0.717, 1.165) is 12.0 Å². The summed E-state index contributed by atoms with van der Waals surface area (Å²) in [7, 11) is 1.83. The van der Waals surface area contributed by atoms with E-state index in [1.165, 1.54) is 19.4 Å². The third-order valence-corrected chi connectivity index (χ3v) is 5.48. The molecule has 2 aromatic rings. The summed E-state index contributed by atoms with van der Waals surface area (Å²) in [5.41, 5.74) is 1.03. The lowest BCUT2D eigenvalue weighted by atomic mass is 10.1. The molecular formula is C24H30N2O5. The predicted molar refractivity (Wildman–Crippen MR) is 117 cm³/mol. The van der Waals surface area contributed by atoms with E-state index in [1.807, 2.05) is 18.9 Å². The summed E-state index contributed by atoms with van der Waals surface area (Å²) in [6.07, 6.45) is 0.719. The summed E-state index contributed by atoms with van der Waals surface area (Å²) >= 11 is 0. The van der Waals surface area contributed by atoms with Gasteiger partial charge in [0.05, 0.1) is 12.6 Å². The fraction of sp³-hybridized carbons (Fsp3) is 0.417. The SMILES string of the molecule is Cc1ccc(CN2C[C@@H](CCOc3ccc(OC(C)(C)C(=O)O)cc3)N(C)C2=O)cc1. The minimum Gasteiger partial charge on any atom is -0.494 e. The van der Waals surface area contributed by atoms with Crippen LogP contribution in [0.4, 0.5) is 4.79 Å². The molecule has 1 atom stereocenters. The number of hydrogen-bond donors (Lipinski definition) is 1. The van der Waals surface area contributed by atoms with Crippen LogP contribution in [0.15, 0.2) is 48.5 Å². The van der Waals surface area contributed by atoms with Gasteiger partial charge in [0.25, 0.3) is 0 Å². The third kappa shape index (κ3) is 5.69. The highest BCUT2D eigenvalue weighted by molar-refractivity contribution is 5.77. The number of carbonyl (C=O) groups is 2. The van der Waals surface area contributed by atoms with Crippen molar-refractivity contribution in [1.82, 2.24) is 9.80 Å². The highest BCUT2D eigenvalue weighted by atomic mass is 16.5. The molecule has 3 rings (SSSR count). The van der Waals surface area contributed by atoms with Crippen molar-refractivity contribution in [2.45, 2.75) is 45.4 Å². The number of urea groups is 1. The number of likely N-dealkylation sites (N-methyl/N-ethyl adjacent to an activating group) is 1. The fourth-order valence-electron chi connectivity index (χ4n) is 3.42. The van der Waals surface area contributed by atoms with Crippen LogP contribution in [-0.2, 0) is 11.3 Å². The summed E-state index contributed by atoms with van der Waals surface area (Å²) in [6.45, 7) is 6.80. The zero-order chi connectivity index (χ0) is 22.6. The topological polar surface area (TPSA) is 79.3 Å². The van der Waals surface area contributed by atoms with Gasteiger partial charge in [-0.3, -0.25) is 0 Å². The second kappa shape index (κ2) is 9.29. The first-order chi connectivity index (χ1) is 14.7. The number of aryl methyl sites for hydroxylation is 1.